The first-order chi connectivity index (χ1) is 6.24. The van der Waals surface area contributed by atoms with Crippen molar-refractivity contribution in [2.75, 3.05) is 26.0 Å². The standard InChI is InChI=1S/C10H22FNS/c1-4-10(5-2,13-3)9-12-8-6-7-11/h12H,4-9H2,1-3H3. The molecule has 0 saturated carbocycles. The van der Waals surface area contributed by atoms with E-state index in [1.165, 1.54) is 12.8 Å². The molecular weight excluding hydrogens is 185 g/mol. The van der Waals surface area contributed by atoms with Crippen LogP contribution in [0, 0.1) is 0 Å². The van der Waals surface area contributed by atoms with Crippen molar-refractivity contribution in [1.29, 1.82) is 0 Å². The van der Waals surface area contributed by atoms with Crippen LogP contribution in [0.2, 0.25) is 0 Å². The zero-order valence-corrected chi connectivity index (χ0v) is 9.85. The van der Waals surface area contributed by atoms with Gasteiger partial charge in [0.15, 0.2) is 0 Å². The van der Waals surface area contributed by atoms with Crippen LogP contribution in [0.4, 0.5) is 4.39 Å². The van der Waals surface area contributed by atoms with Crippen molar-refractivity contribution in [1.82, 2.24) is 5.32 Å². The highest BCUT2D eigenvalue weighted by molar-refractivity contribution is 8.00. The Kier molecular flexibility index (Phi) is 7.77. The Morgan fingerprint density at radius 1 is 1.31 bits per heavy atom. The Morgan fingerprint density at radius 3 is 2.31 bits per heavy atom. The highest BCUT2D eigenvalue weighted by Crippen LogP contribution is 2.29. The molecule has 0 bridgehead atoms. The van der Waals surface area contributed by atoms with Crippen LogP contribution in [0.3, 0.4) is 0 Å². The first-order valence-corrected chi connectivity index (χ1v) is 6.29. The minimum Gasteiger partial charge on any atom is -0.315 e. The summed E-state index contributed by atoms with van der Waals surface area (Å²) in [4.78, 5) is 0. The van der Waals surface area contributed by atoms with Crippen LogP contribution in [0.5, 0.6) is 0 Å². The smallest absolute Gasteiger partial charge is 0.0906 e. The maximum absolute atomic E-state index is 11.8. The van der Waals surface area contributed by atoms with Crippen LogP contribution in [-0.4, -0.2) is 30.8 Å². The second-order valence-electron chi connectivity index (χ2n) is 3.31. The molecule has 1 N–H and O–H groups in total. The molecule has 0 aliphatic heterocycles. The van der Waals surface area contributed by atoms with Gasteiger partial charge in [0.25, 0.3) is 0 Å². The lowest BCUT2D eigenvalue weighted by molar-refractivity contribution is 0.439. The minimum atomic E-state index is -0.211. The number of hydrogen-bond acceptors (Lipinski definition) is 2. The monoisotopic (exact) mass is 207 g/mol. The fourth-order valence-electron chi connectivity index (χ4n) is 1.37. The highest BCUT2D eigenvalue weighted by Gasteiger charge is 2.23. The molecule has 80 valence electrons. The number of thioether (sulfide) groups is 1. The topological polar surface area (TPSA) is 12.0 Å². The second-order valence-corrected chi connectivity index (χ2v) is 4.59. The van der Waals surface area contributed by atoms with E-state index < -0.39 is 0 Å². The number of rotatable bonds is 8. The van der Waals surface area contributed by atoms with Gasteiger partial charge in [0.05, 0.1) is 6.67 Å². The fourth-order valence-corrected chi connectivity index (χ4v) is 2.19. The van der Waals surface area contributed by atoms with E-state index in [0.29, 0.717) is 11.2 Å². The van der Waals surface area contributed by atoms with E-state index in [1.54, 1.807) is 0 Å². The molecule has 1 nitrogen and oxygen atoms in total. The van der Waals surface area contributed by atoms with E-state index in [0.717, 1.165) is 13.1 Å². The molecule has 0 saturated heterocycles. The lowest BCUT2D eigenvalue weighted by atomic mass is 10.0. The zero-order valence-electron chi connectivity index (χ0n) is 9.03. The van der Waals surface area contributed by atoms with E-state index in [9.17, 15) is 4.39 Å². The van der Waals surface area contributed by atoms with Crippen LogP contribution >= 0.6 is 11.8 Å². The molecule has 0 radical (unpaired) electrons. The van der Waals surface area contributed by atoms with Gasteiger partial charge < -0.3 is 5.32 Å². The zero-order chi connectivity index (χ0) is 10.2. The molecule has 0 aromatic rings. The summed E-state index contributed by atoms with van der Waals surface area (Å²) in [6.07, 6.45) is 5.14. The molecule has 0 spiro atoms. The molecule has 0 fully saturated rings. The van der Waals surface area contributed by atoms with Gasteiger partial charge >= 0.3 is 0 Å². The molecule has 0 aromatic heterocycles. The third-order valence-electron chi connectivity index (χ3n) is 2.66. The van der Waals surface area contributed by atoms with Crippen LogP contribution in [0.1, 0.15) is 33.1 Å². The van der Waals surface area contributed by atoms with Gasteiger partial charge in [0.2, 0.25) is 0 Å². The summed E-state index contributed by atoms with van der Waals surface area (Å²) in [7, 11) is 0. The molecule has 3 heteroatoms. The normalized spacial score (nSPS) is 12.0. The predicted molar refractivity (Wildman–Crippen MR) is 60.3 cm³/mol. The molecule has 0 unspecified atom stereocenters. The van der Waals surface area contributed by atoms with Gasteiger partial charge in [-0.25, -0.2) is 0 Å². The van der Waals surface area contributed by atoms with Crippen molar-refractivity contribution in [2.24, 2.45) is 0 Å². The number of nitrogens with one attached hydrogen (secondary N) is 1. The molecule has 0 aromatic carbocycles. The van der Waals surface area contributed by atoms with Gasteiger partial charge in [-0.3, -0.25) is 4.39 Å². The Hall–Kier alpha value is 0.240. The minimum absolute atomic E-state index is 0.211. The Balaban J connectivity index is 3.68. The van der Waals surface area contributed by atoms with Crippen molar-refractivity contribution in [2.45, 2.75) is 37.9 Å². The highest BCUT2D eigenvalue weighted by atomic mass is 32.2. The molecule has 0 aliphatic rings. The molecule has 0 heterocycles. The van der Waals surface area contributed by atoms with E-state index in [2.05, 4.69) is 25.4 Å². The maximum atomic E-state index is 11.8. The summed E-state index contributed by atoms with van der Waals surface area (Å²) in [6, 6.07) is 0. The molecular formula is C10H22FNS. The number of hydrogen-bond donors (Lipinski definition) is 1. The summed E-state index contributed by atoms with van der Waals surface area (Å²) in [5, 5.41) is 3.32. The van der Waals surface area contributed by atoms with Crippen molar-refractivity contribution in [3.8, 4) is 0 Å². The number of alkyl halides is 1. The number of halogens is 1. The summed E-state index contributed by atoms with van der Waals surface area (Å²) in [5.41, 5.74) is 0. The third-order valence-corrected chi connectivity index (χ3v) is 4.24. The molecule has 0 atom stereocenters. The van der Waals surface area contributed by atoms with E-state index in [1.807, 2.05) is 11.8 Å². The van der Waals surface area contributed by atoms with Gasteiger partial charge in [-0.2, -0.15) is 11.8 Å². The third kappa shape index (κ3) is 4.87. The lowest BCUT2D eigenvalue weighted by Crippen LogP contribution is -2.37. The van der Waals surface area contributed by atoms with Gasteiger partial charge in [-0.15, -0.1) is 0 Å². The van der Waals surface area contributed by atoms with Crippen molar-refractivity contribution < 1.29 is 4.39 Å². The van der Waals surface area contributed by atoms with E-state index in [4.69, 9.17) is 0 Å². The van der Waals surface area contributed by atoms with Crippen LogP contribution in [-0.2, 0) is 0 Å². The van der Waals surface area contributed by atoms with Gasteiger partial charge in [0, 0.05) is 11.3 Å². The quantitative estimate of drug-likeness (QED) is 0.614. The van der Waals surface area contributed by atoms with Gasteiger partial charge in [-0.1, -0.05) is 13.8 Å². The Bertz CT molecular complexity index is 107. The molecule has 0 amide bonds. The lowest BCUT2D eigenvalue weighted by Gasteiger charge is -2.29. The van der Waals surface area contributed by atoms with Crippen molar-refractivity contribution in [3.63, 3.8) is 0 Å². The van der Waals surface area contributed by atoms with Crippen LogP contribution in [0.25, 0.3) is 0 Å². The van der Waals surface area contributed by atoms with E-state index in [-0.39, 0.29) is 6.67 Å². The van der Waals surface area contributed by atoms with Crippen molar-refractivity contribution >= 4 is 11.8 Å². The summed E-state index contributed by atoms with van der Waals surface area (Å²) in [5.74, 6) is 0. The SMILES string of the molecule is CCC(CC)(CNCCCF)SC. The fraction of sp³-hybridized carbons (Fsp3) is 1.00. The maximum Gasteiger partial charge on any atom is 0.0906 e. The van der Waals surface area contributed by atoms with Crippen LogP contribution in [0.15, 0.2) is 0 Å². The first-order valence-electron chi connectivity index (χ1n) is 5.06. The van der Waals surface area contributed by atoms with Gasteiger partial charge in [-0.05, 0) is 32.1 Å². The molecule has 0 aliphatic carbocycles. The largest absolute Gasteiger partial charge is 0.315 e. The Morgan fingerprint density at radius 2 is 1.92 bits per heavy atom. The molecule has 13 heavy (non-hydrogen) atoms. The van der Waals surface area contributed by atoms with Crippen LogP contribution < -0.4 is 5.32 Å². The molecule has 0 rings (SSSR count). The summed E-state index contributed by atoms with van der Waals surface area (Å²) < 4.78 is 12.2. The second kappa shape index (κ2) is 7.63. The summed E-state index contributed by atoms with van der Waals surface area (Å²) in [6.45, 7) is 6.03. The van der Waals surface area contributed by atoms with Gasteiger partial charge in [0.1, 0.15) is 0 Å². The average molecular weight is 207 g/mol. The van der Waals surface area contributed by atoms with Crippen molar-refractivity contribution in [3.05, 3.63) is 0 Å². The summed E-state index contributed by atoms with van der Waals surface area (Å²) >= 11 is 1.92. The first kappa shape index (κ1) is 13.2. The van der Waals surface area contributed by atoms with E-state index >= 15 is 0 Å². The average Bonchev–Trinajstić information content (AvgIpc) is 2.20. The Labute approximate surface area is 85.9 Å². The predicted octanol–water partition coefficient (Wildman–Crippen LogP) is 2.86.